The second-order valence-electron chi connectivity index (χ2n) is 5.77. The van der Waals surface area contributed by atoms with E-state index in [2.05, 4.69) is 42.3 Å². The molecule has 0 spiro atoms. The maximum absolute atomic E-state index is 12.6. The van der Waals surface area contributed by atoms with Crippen molar-refractivity contribution in [1.29, 1.82) is 0 Å². The van der Waals surface area contributed by atoms with Crippen molar-refractivity contribution in [3.05, 3.63) is 74.1 Å². The zero-order chi connectivity index (χ0) is 18.3. The predicted octanol–water partition coefficient (Wildman–Crippen LogP) is 6.17. The van der Waals surface area contributed by atoms with Crippen LogP contribution in [0.4, 0.5) is 5.69 Å². The minimum absolute atomic E-state index is 0.119. The number of nitrogens with one attached hydrogen (secondary N) is 1. The lowest BCUT2D eigenvalue weighted by Gasteiger charge is -2.04. The maximum Gasteiger partial charge on any atom is 0.265 e. The Kier molecular flexibility index (Phi) is 4.69. The van der Waals surface area contributed by atoms with Gasteiger partial charge >= 0.3 is 0 Å². The summed E-state index contributed by atoms with van der Waals surface area (Å²) in [6, 6.07) is 17.4. The van der Waals surface area contributed by atoms with Gasteiger partial charge in [-0.25, -0.2) is 4.68 Å². The Morgan fingerprint density at radius 2 is 1.85 bits per heavy atom. The van der Waals surface area contributed by atoms with E-state index in [1.807, 2.05) is 66.2 Å². The highest BCUT2D eigenvalue weighted by atomic mass is 79.9. The molecule has 0 aliphatic heterocycles. The number of nitrogens with zero attached hydrogens (tertiary/aromatic N) is 2. The summed E-state index contributed by atoms with van der Waals surface area (Å²) in [6.45, 7) is 1.96. The molecule has 4 nitrogen and oxygen atoms in total. The number of fused-ring (bicyclic) bond motifs is 1. The van der Waals surface area contributed by atoms with Gasteiger partial charge in [0.25, 0.3) is 5.91 Å². The van der Waals surface area contributed by atoms with E-state index in [-0.39, 0.29) is 5.91 Å². The minimum Gasteiger partial charge on any atom is -0.321 e. The molecule has 1 N–H and O–H groups in total. The van der Waals surface area contributed by atoms with E-state index in [0.29, 0.717) is 4.88 Å². The highest BCUT2D eigenvalue weighted by Gasteiger charge is 2.17. The Bertz CT molecular complexity index is 1120. The van der Waals surface area contributed by atoms with Gasteiger partial charge in [-0.1, -0.05) is 37.9 Å². The molecule has 1 amide bonds. The van der Waals surface area contributed by atoms with E-state index in [9.17, 15) is 4.79 Å². The van der Waals surface area contributed by atoms with E-state index in [0.717, 1.165) is 36.2 Å². The molecule has 4 aromatic rings. The Morgan fingerprint density at radius 1 is 1.08 bits per heavy atom. The number of benzene rings is 2. The van der Waals surface area contributed by atoms with Crippen LogP contribution in [0.5, 0.6) is 0 Å². The Hall–Kier alpha value is -1.96. The molecule has 130 valence electrons. The molecule has 7 heteroatoms. The standard InChI is InChI=1S/C19H13Br2N3OS/c1-11-16-10-17(18(25)22-14-4-2-3-13(21)9-14)26-19(16)24(23-11)15-7-5-12(20)6-8-15/h2-10H,1H3,(H,22,25). The second kappa shape index (κ2) is 6.98. The van der Waals surface area contributed by atoms with E-state index < -0.39 is 0 Å². The Labute approximate surface area is 171 Å². The third-order valence-corrected chi connectivity index (χ3v) is 6.05. The van der Waals surface area contributed by atoms with Crippen LogP contribution in [0.15, 0.2) is 63.5 Å². The maximum atomic E-state index is 12.6. The van der Waals surface area contributed by atoms with Crippen LogP contribution < -0.4 is 5.32 Å². The van der Waals surface area contributed by atoms with Gasteiger partial charge in [-0.15, -0.1) is 11.3 Å². The number of carbonyl (C=O) groups excluding carboxylic acids is 1. The average molecular weight is 491 g/mol. The fourth-order valence-corrected chi connectivity index (χ4v) is 4.42. The van der Waals surface area contributed by atoms with Crippen LogP contribution in [-0.2, 0) is 0 Å². The molecular formula is C19H13Br2N3OS. The first-order chi connectivity index (χ1) is 12.5. The van der Waals surface area contributed by atoms with Crippen molar-refractivity contribution >= 4 is 65.0 Å². The molecule has 26 heavy (non-hydrogen) atoms. The number of carbonyl (C=O) groups is 1. The van der Waals surface area contributed by atoms with Gasteiger partial charge in [0.2, 0.25) is 0 Å². The summed E-state index contributed by atoms with van der Waals surface area (Å²) in [5, 5.41) is 8.56. The summed E-state index contributed by atoms with van der Waals surface area (Å²) in [5.41, 5.74) is 2.63. The van der Waals surface area contributed by atoms with Gasteiger partial charge in [-0.2, -0.15) is 5.10 Å². The van der Waals surface area contributed by atoms with Gasteiger partial charge in [-0.3, -0.25) is 4.79 Å². The zero-order valence-corrected chi connectivity index (χ0v) is 17.7. The molecular weight excluding hydrogens is 478 g/mol. The van der Waals surface area contributed by atoms with Gasteiger partial charge in [0.15, 0.2) is 0 Å². The van der Waals surface area contributed by atoms with Gasteiger partial charge in [0.05, 0.1) is 16.3 Å². The number of hydrogen-bond donors (Lipinski definition) is 1. The Balaban J connectivity index is 1.70. The molecule has 0 unspecified atom stereocenters. The van der Waals surface area contributed by atoms with E-state index in [1.54, 1.807) is 0 Å². The molecule has 0 saturated carbocycles. The number of rotatable bonds is 3. The van der Waals surface area contributed by atoms with Gasteiger partial charge in [0, 0.05) is 20.0 Å². The van der Waals surface area contributed by atoms with Crippen molar-refractivity contribution in [3.8, 4) is 5.69 Å². The fourth-order valence-electron chi connectivity index (χ4n) is 2.68. The lowest BCUT2D eigenvalue weighted by Crippen LogP contribution is -2.10. The number of halogens is 2. The third kappa shape index (κ3) is 3.34. The van der Waals surface area contributed by atoms with Crippen LogP contribution in [0.1, 0.15) is 15.4 Å². The summed E-state index contributed by atoms with van der Waals surface area (Å²) in [6.07, 6.45) is 0. The topological polar surface area (TPSA) is 46.9 Å². The average Bonchev–Trinajstić information content (AvgIpc) is 3.17. The summed E-state index contributed by atoms with van der Waals surface area (Å²) >= 11 is 8.31. The molecule has 0 fully saturated rings. The third-order valence-electron chi connectivity index (χ3n) is 3.92. The summed E-state index contributed by atoms with van der Waals surface area (Å²) in [4.78, 5) is 14.3. The molecule has 0 atom stereocenters. The molecule has 4 rings (SSSR count). The van der Waals surface area contributed by atoms with Crippen LogP contribution in [0, 0.1) is 6.92 Å². The highest BCUT2D eigenvalue weighted by molar-refractivity contribution is 9.10. The first-order valence-electron chi connectivity index (χ1n) is 7.83. The predicted molar refractivity (Wildman–Crippen MR) is 113 cm³/mol. The van der Waals surface area contributed by atoms with Crippen LogP contribution in [0.3, 0.4) is 0 Å². The summed E-state index contributed by atoms with van der Waals surface area (Å²) in [5.74, 6) is -0.119. The first kappa shape index (κ1) is 17.5. The van der Waals surface area contributed by atoms with Crippen molar-refractivity contribution in [1.82, 2.24) is 9.78 Å². The van der Waals surface area contributed by atoms with Gasteiger partial charge in [-0.05, 0) is 55.5 Å². The van der Waals surface area contributed by atoms with E-state index >= 15 is 0 Å². The number of aryl methyl sites for hydroxylation is 1. The smallest absolute Gasteiger partial charge is 0.265 e. The normalized spacial score (nSPS) is 11.0. The number of thiophene rings is 1. The SMILES string of the molecule is Cc1nn(-c2ccc(Br)cc2)c2sc(C(=O)Nc3cccc(Br)c3)cc12. The van der Waals surface area contributed by atoms with Crippen molar-refractivity contribution < 1.29 is 4.79 Å². The van der Waals surface area contributed by atoms with Crippen LogP contribution in [0.25, 0.3) is 15.9 Å². The monoisotopic (exact) mass is 489 g/mol. The number of hydrogen-bond acceptors (Lipinski definition) is 3. The highest BCUT2D eigenvalue weighted by Crippen LogP contribution is 2.31. The van der Waals surface area contributed by atoms with Gasteiger partial charge in [0.1, 0.15) is 4.83 Å². The molecule has 0 aliphatic rings. The van der Waals surface area contributed by atoms with Crippen molar-refractivity contribution in [2.45, 2.75) is 6.92 Å². The number of aromatic nitrogens is 2. The molecule has 0 radical (unpaired) electrons. The van der Waals surface area contributed by atoms with E-state index in [4.69, 9.17) is 0 Å². The number of amides is 1. The lowest BCUT2D eigenvalue weighted by atomic mass is 10.3. The van der Waals surface area contributed by atoms with Gasteiger partial charge < -0.3 is 5.32 Å². The number of anilines is 1. The van der Waals surface area contributed by atoms with Crippen molar-refractivity contribution in [2.75, 3.05) is 5.32 Å². The van der Waals surface area contributed by atoms with Crippen LogP contribution in [-0.4, -0.2) is 15.7 Å². The summed E-state index contributed by atoms with van der Waals surface area (Å²) < 4.78 is 3.83. The molecule has 0 saturated heterocycles. The van der Waals surface area contributed by atoms with E-state index in [1.165, 1.54) is 11.3 Å². The molecule has 0 aliphatic carbocycles. The quantitative estimate of drug-likeness (QED) is 0.373. The largest absolute Gasteiger partial charge is 0.321 e. The Morgan fingerprint density at radius 3 is 2.58 bits per heavy atom. The van der Waals surface area contributed by atoms with Crippen molar-refractivity contribution in [2.24, 2.45) is 0 Å². The molecule has 2 heterocycles. The lowest BCUT2D eigenvalue weighted by molar-refractivity contribution is 0.103. The van der Waals surface area contributed by atoms with Crippen molar-refractivity contribution in [3.63, 3.8) is 0 Å². The molecule has 2 aromatic heterocycles. The molecule has 0 bridgehead atoms. The van der Waals surface area contributed by atoms with Crippen LogP contribution in [0.2, 0.25) is 0 Å². The van der Waals surface area contributed by atoms with Crippen LogP contribution >= 0.6 is 43.2 Å². The zero-order valence-electron chi connectivity index (χ0n) is 13.7. The summed E-state index contributed by atoms with van der Waals surface area (Å²) in [7, 11) is 0. The minimum atomic E-state index is -0.119. The second-order valence-corrected chi connectivity index (χ2v) is 8.63. The fraction of sp³-hybridized carbons (Fsp3) is 0.0526. The first-order valence-corrected chi connectivity index (χ1v) is 10.2. The molecule has 2 aromatic carbocycles.